The van der Waals surface area contributed by atoms with Gasteiger partial charge in [0.25, 0.3) is 5.91 Å². The number of ether oxygens (including phenoxy) is 1. The Hall–Kier alpha value is -1.73. The molecular weight excluding hydrogens is 340 g/mol. The minimum atomic E-state index is -0.789. The Kier molecular flexibility index (Phi) is 7.76. The molecule has 0 spiro atoms. The number of thioether (sulfide) groups is 1. The molecule has 2 N–H and O–H groups in total. The van der Waals surface area contributed by atoms with E-state index in [0.717, 1.165) is 4.90 Å². The molecule has 1 atom stereocenters. The zero-order valence-corrected chi connectivity index (χ0v) is 16.5. The molecule has 0 saturated heterocycles. The molecule has 0 bridgehead atoms. The first-order chi connectivity index (χ1) is 11.5. The number of hydrogen-bond donors (Lipinski definition) is 2. The van der Waals surface area contributed by atoms with E-state index in [9.17, 15) is 9.59 Å². The molecule has 2 amide bonds. The zero-order chi connectivity index (χ0) is 19.1. The van der Waals surface area contributed by atoms with Crippen molar-refractivity contribution in [1.29, 1.82) is 0 Å². The first kappa shape index (κ1) is 21.3. The SMILES string of the molecule is CC(C)(C)ONC(=O)C(CSc1ccccc1)NC(=O)OC(C)(C)C. The van der Waals surface area contributed by atoms with Crippen LogP contribution < -0.4 is 10.8 Å². The van der Waals surface area contributed by atoms with Gasteiger partial charge in [0.2, 0.25) is 0 Å². The van der Waals surface area contributed by atoms with Crippen LogP contribution in [0.3, 0.4) is 0 Å². The third-order valence-corrected chi connectivity index (χ3v) is 3.73. The second-order valence-corrected chi connectivity index (χ2v) is 8.60. The summed E-state index contributed by atoms with van der Waals surface area (Å²) in [6, 6.07) is 8.85. The van der Waals surface area contributed by atoms with Gasteiger partial charge in [0, 0.05) is 10.6 Å². The first-order valence-corrected chi connectivity index (χ1v) is 9.10. The smallest absolute Gasteiger partial charge is 0.408 e. The summed E-state index contributed by atoms with van der Waals surface area (Å²) in [7, 11) is 0. The lowest BCUT2D eigenvalue weighted by Gasteiger charge is -2.25. The number of hydrogen-bond acceptors (Lipinski definition) is 5. The molecule has 1 unspecified atom stereocenters. The minimum absolute atomic E-state index is 0.350. The quantitative estimate of drug-likeness (QED) is 0.593. The lowest BCUT2D eigenvalue weighted by molar-refractivity contribution is -0.147. The fraction of sp³-hybridized carbons (Fsp3) is 0.556. The normalized spacial score (nSPS) is 13.0. The molecule has 0 aliphatic rings. The van der Waals surface area contributed by atoms with E-state index in [1.807, 2.05) is 51.1 Å². The summed E-state index contributed by atoms with van der Waals surface area (Å²) in [5, 5.41) is 2.61. The van der Waals surface area contributed by atoms with Crippen molar-refractivity contribution in [2.75, 3.05) is 5.75 Å². The highest BCUT2D eigenvalue weighted by molar-refractivity contribution is 7.99. The van der Waals surface area contributed by atoms with Crippen LogP contribution in [-0.4, -0.2) is 35.0 Å². The van der Waals surface area contributed by atoms with Crippen LogP contribution in [0.15, 0.2) is 35.2 Å². The largest absolute Gasteiger partial charge is 0.444 e. The Labute approximate surface area is 154 Å². The number of benzene rings is 1. The monoisotopic (exact) mass is 368 g/mol. The molecule has 6 nitrogen and oxygen atoms in total. The highest BCUT2D eigenvalue weighted by Crippen LogP contribution is 2.18. The van der Waals surface area contributed by atoms with Gasteiger partial charge >= 0.3 is 6.09 Å². The van der Waals surface area contributed by atoms with Gasteiger partial charge in [-0.1, -0.05) is 18.2 Å². The Morgan fingerprint density at radius 1 is 1.04 bits per heavy atom. The molecular formula is C18H28N2O4S. The summed E-state index contributed by atoms with van der Waals surface area (Å²) in [5.74, 6) is -0.0769. The van der Waals surface area contributed by atoms with Gasteiger partial charge in [0.05, 0.1) is 5.60 Å². The van der Waals surface area contributed by atoms with Crippen LogP contribution >= 0.6 is 11.8 Å². The van der Waals surface area contributed by atoms with E-state index in [1.54, 1.807) is 20.8 Å². The molecule has 0 saturated carbocycles. The van der Waals surface area contributed by atoms with Gasteiger partial charge in [0.1, 0.15) is 11.6 Å². The van der Waals surface area contributed by atoms with E-state index in [1.165, 1.54) is 11.8 Å². The van der Waals surface area contributed by atoms with Gasteiger partial charge in [-0.2, -0.15) is 0 Å². The average molecular weight is 368 g/mol. The number of hydroxylamine groups is 1. The second-order valence-electron chi connectivity index (χ2n) is 7.50. The van der Waals surface area contributed by atoms with Crippen LogP contribution in [-0.2, 0) is 14.4 Å². The summed E-state index contributed by atoms with van der Waals surface area (Å²) in [4.78, 5) is 30.7. The van der Waals surface area contributed by atoms with Crippen LogP contribution in [0.4, 0.5) is 4.79 Å². The molecule has 0 aliphatic carbocycles. The number of carbonyl (C=O) groups excluding carboxylic acids is 2. The molecule has 1 aromatic carbocycles. The topological polar surface area (TPSA) is 76.7 Å². The molecule has 1 rings (SSSR count). The second kappa shape index (κ2) is 9.10. The molecule has 25 heavy (non-hydrogen) atoms. The van der Waals surface area contributed by atoms with Crippen molar-refractivity contribution in [2.45, 2.75) is 63.7 Å². The Bertz CT molecular complexity index is 565. The Balaban J connectivity index is 2.71. The van der Waals surface area contributed by atoms with E-state index in [-0.39, 0.29) is 0 Å². The fourth-order valence-corrected chi connectivity index (χ4v) is 2.55. The molecule has 0 aromatic heterocycles. The number of carbonyl (C=O) groups is 2. The van der Waals surface area contributed by atoms with E-state index in [2.05, 4.69) is 10.8 Å². The lowest BCUT2D eigenvalue weighted by atomic mass is 10.2. The molecule has 1 aromatic rings. The summed E-state index contributed by atoms with van der Waals surface area (Å²) in [6.07, 6.45) is -0.642. The number of rotatable bonds is 6. The Morgan fingerprint density at radius 2 is 1.64 bits per heavy atom. The summed E-state index contributed by atoms with van der Waals surface area (Å²) in [6.45, 7) is 10.8. The average Bonchev–Trinajstić information content (AvgIpc) is 2.47. The third-order valence-electron chi connectivity index (χ3n) is 2.63. The lowest BCUT2D eigenvalue weighted by Crippen LogP contribution is -2.50. The van der Waals surface area contributed by atoms with Gasteiger partial charge < -0.3 is 10.1 Å². The maximum Gasteiger partial charge on any atom is 0.408 e. The van der Waals surface area contributed by atoms with E-state index < -0.39 is 29.2 Å². The van der Waals surface area contributed by atoms with Crippen molar-refractivity contribution in [3.8, 4) is 0 Å². The number of amides is 2. The van der Waals surface area contributed by atoms with Crippen LogP contribution in [0.5, 0.6) is 0 Å². The van der Waals surface area contributed by atoms with Gasteiger partial charge in [-0.15, -0.1) is 11.8 Å². The predicted octanol–water partition coefficient (Wildman–Crippen LogP) is 3.52. The van der Waals surface area contributed by atoms with Crippen molar-refractivity contribution in [1.82, 2.24) is 10.8 Å². The van der Waals surface area contributed by atoms with Gasteiger partial charge in [-0.3, -0.25) is 9.63 Å². The van der Waals surface area contributed by atoms with Gasteiger partial charge in [-0.05, 0) is 53.7 Å². The summed E-state index contributed by atoms with van der Waals surface area (Å²) in [5.41, 5.74) is 1.24. The van der Waals surface area contributed by atoms with Gasteiger partial charge in [-0.25, -0.2) is 10.3 Å². The minimum Gasteiger partial charge on any atom is -0.444 e. The van der Waals surface area contributed by atoms with Crippen LogP contribution in [0.2, 0.25) is 0 Å². The van der Waals surface area contributed by atoms with E-state index in [4.69, 9.17) is 9.57 Å². The molecule has 0 aliphatic heterocycles. The zero-order valence-electron chi connectivity index (χ0n) is 15.7. The maximum absolute atomic E-state index is 12.4. The van der Waals surface area contributed by atoms with Crippen LogP contribution in [0, 0.1) is 0 Å². The third kappa shape index (κ3) is 9.99. The van der Waals surface area contributed by atoms with Crippen molar-refractivity contribution in [3.63, 3.8) is 0 Å². The van der Waals surface area contributed by atoms with Crippen LogP contribution in [0.25, 0.3) is 0 Å². The van der Waals surface area contributed by atoms with E-state index in [0.29, 0.717) is 5.75 Å². The predicted molar refractivity (Wildman–Crippen MR) is 99.3 cm³/mol. The number of nitrogens with one attached hydrogen (secondary N) is 2. The van der Waals surface area contributed by atoms with Crippen LogP contribution in [0.1, 0.15) is 41.5 Å². The molecule has 7 heteroatoms. The van der Waals surface area contributed by atoms with Gasteiger partial charge in [0.15, 0.2) is 0 Å². The highest BCUT2D eigenvalue weighted by Gasteiger charge is 2.26. The van der Waals surface area contributed by atoms with Crippen molar-refractivity contribution in [3.05, 3.63) is 30.3 Å². The van der Waals surface area contributed by atoms with Crippen molar-refractivity contribution < 1.29 is 19.2 Å². The summed E-state index contributed by atoms with van der Waals surface area (Å²) < 4.78 is 5.24. The maximum atomic E-state index is 12.4. The first-order valence-electron chi connectivity index (χ1n) is 8.11. The molecule has 0 fully saturated rings. The number of alkyl carbamates (subject to hydrolysis) is 1. The molecule has 0 heterocycles. The van der Waals surface area contributed by atoms with Crippen molar-refractivity contribution in [2.24, 2.45) is 0 Å². The fourth-order valence-electron chi connectivity index (χ4n) is 1.60. The summed E-state index contributed by atoms with van der Waals surface area (Å²) >= 11 is 1.46. The van der Waals surface area contributed by atoms with E-state index >= 15 is 0 Å². The molecule has 0 radical (unpaired) electrons. The van der Waals surface area contributed by atoms with Crippen molar-refractivity contribution >= 4 is 23.8 Å². The Morgan fingerprint density at radius 3 is 2.16 bits per heavy atom. The molecule has 140 valence electrons. The highest BCUT2D eigenvalue weighted by atomic mass is 32.2. The standard InChI is InChI=1S/C18H28N2O4S/c1-17(2,3)23-16(22)19-14(15(21)20-24-18(4,5)6)12-25-13-10-8-7-9-11-13/h7-11,14H,12H2,1-6H3,(H,19,22)(H,20,21).